The van der Waals surface area contributed by atoms with Crippen LogP contribution in [0.4, 0.5) is 0 Å². The number of benzene rings is 3. The maximum Gasteiger partial charge on any atom is 0.244 e. The summed E-state index contributed by atoms with van der Waals surface area (Å²) in [7, 11) is -4.83. The molecule has 24 heavy (non-hydrogen) atoms. The fourth-order valence-electron chi connectivity index (χ4n) is 2.20. The predicted octanol–water partition coefficient (Wildman–Crippen LogP) is 3.78. The van der Waals surface area contributed by atoms with Crippen molar-refractivity contribution in [1.29, 1.82) is 0 Å². The van der Waals surface area contributed by atoms with Crippen molar-refractivity contribution in [3.8, 4) is 0 Å². The molecule has 3 aromatic carbocycles. The fourth-order valence-corrected chi connectivity index (χ4v) is 6.42. The Kier molecular flexibility index (Phi) is 5.47. The van der Waals surface area contributed by atoms with Crippen LogP contribution in [0.5, 0.6) is 0 Å². The van der Waals surface area contributed by atoms with Crippen LogP contribution in [0, 0.1) is 0 Å². The van der Waals surface area contributed by atoms with Crippen molar-refractivity contribution >= 4 is 44.6 Å². The van der Waals surface area contributed by atoms with Crippen LogP contribution in [0.25, 0.3) is 0 Å². The number of hydrogen-bond donors (Lipinski definition) is 1. The molecular formula is C18H15BrNO2PS. The molecule has 0 saturated carbocycles. The molecule has 3 aromatic rings. The second kappa shape index (κ2) is 7.58. The first kappa shape index (κ1) is 17.3. The normalized spacial score (nSPS) is 11.6. The molecule has 0 saturated heterocycles. The van der Waals surface area contributed by atoms with Crippen LogP contribution >= 0.6 is 24.0 Å². The topological polar surface area (TPSA) is 46.2 Å². The van der Waals surface area contributed by atoms with Gasteiger partial charge in [-0.2, -0.15) is 4.49 Å². The second-order valence-corrected chi connectivity index (χ2v) is 9.88. The Morgan fingerprint density at radius 2 is 1.17 bits per heavy atom. The molecule has 6 heteroatoms. The summed E-state index contributed by atoms with van der Waals surface area (Å²) in [6.45, 7) is 0. The van der Waals surface area contributed by atoms with E-state index in [0.717, 1.165) is 15.1 Å². The minimum absolute atomic E-state index is 0.255. The zero-order valence-corrected chi connectivity index (χ0v) is 15.9. The lowest BCUT2D eigenvalue weighted by Crippen LogP contribution is -2.28. The van der Waals surface area contributed by atoms with E-state index in [1.165, 1.54) is 0 Å². The van der Waals surface area contributed by atoms with Gasteiger partial charge in [-0.15, -0.1) is 0 Å². The van der Waals surface area contributed by atoms with Crippen LogP contribution in [-0.4, -0.2) is 8.42 Å². The highest BCUT2D eigenvalue weighted by Gasteiger charge is 2.22. The molecule has 0 aromatic heterocycles. The Balaban J connectivity index is 1.99. The highest BCUT2D eigenvalue weighted by atomic mass is 79.9. The van der Waals surface area contributed by atoms with Crippen molar-refractivity contribution in [1.82, 2.24) is 4.49 Å². The molecule has 0 aliphatic rings. The van der Waals surface area contributed by atoms with Gasteiger partial charge in [0.2, 0.25) is 10.0 Å². The average Bonchev–Trinajstić information content (AvgIpc) is 2.62. The Morgan fingerprint density at radius 3 is 1.62 bits per heavy atom. The van der Waals surface area contributed by atoms with Gasteiger partial charge in [0.25, 0.3) is 0 Å². The molecule has 0 bridgehead atoms. The van der Waals surface area contributed by atoms with E-state index in [1.54, 1.807) is 24.3 Å². The van der Waals surface area contributed by atoms with Crippen LogP contribution in [0.15, 0.2) is 94.3 Å². The number of hydrogen-bond acceptors (Lipinski definition) is 2. The number of rotatable bonds is 5. The monoisotopic (exact) mass is 419 g/mol. The fraction of sp³-hybridized carbons (Fsp3) is 0. The highest BCUT2D eigenvalue weighted by Crippen LogP contribution is 2.31. The van der Waals surface area contributed by atoms with Crippen LogP contribution in [-0.2, 0) is 10.0 Å². The number of sulfonamides is 1. The molecule has 0 fully saturated rings. The summed E-state index contributed by atoms with van der Waals surface area (Å²) in [5.74, 6) is 0. The molecule has 0 atom stereocenters. The average molecular weight is 420 g/mol. The van der Waals surface area contributed by atoms with Gasteiger partial charge in [0.15, 0.2) is 0 Å². The summed E-state index contributed by atoms with van der Waals surface area (Å²) in [6.07, 6.45) is 0. The molecule has 0 aliphatic heterocycles. The quantitative estimate of drug-likeness (QED) is 0.639. The molecule has 3 rings (SSSR count). The van der Waals surface area contributed by atoms with Gasteiger partial charge in [0.1, 0.15) is 0 Å². The summed E-state index contributed by atoms with van der Waals surface area (Å²) in [5, 5.41) is 1.92. The lowest BCUT2D eigenvalue weighted by molar-refractivity contribution is 0.594. The summed E-state index contributed by atoms with van der Waals surface area (Å²) < 4.78 is 29.3. The second-order valence-electron chi connectivity index (χ2n) is 5.06. The van der Waals surface area contributed by atoms with Crippen molar-refractivity contribution < 1.29 is 8.42 Å². The van der Waals surface area contributed by atoms with E-state index in [2.05, 4.69) is 20.4 Å². The summed E-state index contributed by atoms with van der Waals surface area (Å²) in [6, 6.07) is 25.9. The maximum atomic E-state index is 12.8. The van der Waals surface area contributed by atoms with Crippen LogP contribution in [0.1, 0.15) is 0 Å². The van der Waals surface area contributed by atoms with Crippen molar-refractivity contribution in [2.45, 2.75) is 4.90 Å². The van der Waals surface area contributed by atoms with Gasteiger partial charge < -0.3 is 0 Å². The molecule has 0 spiro atoms. The molecule has 0 aliphatic carbocycles. The highest BCUT2D eigenvalue weighted by molar-refractivity contribution is 9.10. The lowest BCUT2D eigenvalue weighted by Gasteiger charge is -2.19. The van der Waals surface area contributed by atoms with E-state index in [1.807, 2.05) is 60.7 Å². The first-order valence-corrected chi connectivity index (χ1v) is 10.9. The van der Waals surface area contributed by atoms with Crippen LogP contribution < -0.4 is 15.1 Å². The minimum Gasteiger partial charge on any atom is -0.207 e. The van der Waals surface area contributed by atoms with E-state index in [9.17, 15) is 8.42 Å². The first-order valence-electron chi connectivity index (χ1n) is 7.24. The van der Waals surface area contributed by atoms with Crippen LogP contribution in [0.3, 0.4) is 0 Å². The van der Waals surface area contributed by atoms with Gasteiger partial charge in [-0.3, -0.25) is 0 Å². The third kappa shape index (κ3) is 4.11. The van der Waals surface area contributed by atoms with Gasteiger partial charge in [0, 0.05) is 12.5 Å². The zero-order valence-electron chi connectivity index (χ0n) is 12.6. The summed E-state index contributed by atoms with van der Waals surface area (Å²) in [5.41, 5.74) is 0. The number of nitrogens with one attached hydrogen (secondary N) is 1. The predicted molar refractivity (Wildman–Crippen MR) is 104 cm³/mol. The van der Waals surface area contributed by atoms with E-state index >= 15 is 0 Å². The summed E-state index contributed by atoms with van der Waals surface area (Å²) >= 11 is 3.33. The van der Waals surface area contributed by atoms with Gasteiger partial charge >= 0.3 is 0 Å². The zero-order chi connectivity index (χ0) is 17.0. The van der Waals surface area contributed by atoms with E-state index in [4.69, 9.17) is 0 Å². The van der Waals surface area contributed by atoms with Crippen molar-refractivity contribution in [2.24, 2.45) is 0 Å². The Labute approximate surface area is 151 Å². The van der Waals surface area contributed by atoms with Gasteiger partial charge in [-0.1, -0.05) is 76.6 Å². The minimum atomic E-state index is -3.61. The third-order valence-corrected chi connectivity index (χ3v) is 8.11. The molecule has 0 heterocycles. The molecular weight excluding hydrogens is 405 g/mol. The SMILES string of the molecule is O=S(=O)(NP(c1ccccc1)c1ccccc1)c1ccc(Br)cc1. The maximum absolute atomic E-state index is 12.8. The summed E-state index contributed by atoms with van der Waals surface area (Å²) in [4.78, 5) is 0.255. The smallest absolute Gasteiger partial charge is 0.207 e. The largest absolute Gasteiger partial charge is 0.244 e. The Morgan fingerprint density at radius 1 is 0.708 bits per heavy atom. The van der Waals surface area contributed by atoms with Crippen molar-refractivity contribution in [3.05, 3.63) is 89.4 Å². The molecule has 1 N–H and O–H groups in total. The first-order chi connectivity index (χ1) is 11.6. The van der Waals surface area contributed by atoms with Crippen molar-refractivity contribution in [3.63, 3.8) is 0 Å². The molecule has 0 unspecified atom stereocenters. The van der Waals surface area contributed by atoms with E-state index in [-0.39, 0.29) is 4.90 Å². The van der Waals surface area contributed by atoms with Gasteiger partial charge in [-0.25, -0.2) is 8.42 Å². The molecule has 3 nitrogen and oxygen atoms in total. The Bertz CT molecular complexity index is 861. The van der Waals surface area contributed by atoms with Crippen LogP contribution in [0.2, 0.25) is 0 Å². The third-order valence-electron chi connectivity index (χ3n) is 3.36. The molecule has 0 amide bonds. The molecule has 122 valence electrons. The molecule has 0 radical (unpaired) electrons. The Hall–Kier alpha value is -1.52. The van der Waals surface area contributed by atoms with E-state index < -0.39 is 18.1 Å². The van der Waals surface area contributed by atoms with Crippen molar-refractivity contribution in [2.75, 3.05) is 0 Å². The standard InChI is InChI=1S/C18H15BrNO2PS/c19-15-11-13-18(14-12-15)24(21,22)20-23(16-7-3-1-4-8-16)17-9-5-2-6-10-17/h1-14,20H. The van der Waals surface area contributed by atoms with Gasteiger partial charge in [0.05, 0.1) is 4.90 Å². The van der Waals surface area contributed by atoms with E-state index in [0.29, 0.717) is 0 Å². The lowest BCUT2D eigenvalue weighted by atomic mass is 10.4. The number of halogens is 1. The van der Waals surface area contributed by atoms with Gasteiger partial charge in [-0.05, 0) is 34.9 Å².